The normalized spacial score (nSPS) is 39.0. The van der Waals surface area contributed by atoms with Crippen molar-refractivity contribution in [2.45, 2.75) is 73.8 Å². The van der Waals surface area contributed by atoms with Gasteiger partial charge >= 0.3 is 0 Å². The molecule has 2 aliphatic rings. The van der Waals surface area contributed by atoms with E-state index in [2.05, 4.69) is 53.8 Å². The molecule has 0 aromatic heterocycles. The number of nitrogens with one attached hydrogen (secondary N) is 1. The predicted molar refractivity (Wildman–Crippen MR) is 84.2 cm³/mol. The van der Waals surface area contributed by atoms with Crippen LogP contribution in [-0.4, -0.2) is 12.6 Å². The molecule has 1 heteroatoms. The summed E-state index contributed by atoms with van der Waals surface area (Å²) in [4.78, 5) is 0. The Labute approximate surface area is 120 Å². The van der Waals surface area contributed by atoms with Crippen LogP contribution in [0.2, 0.25) is 0 Å². The van der Waals surface area contributed by atoms with E-state index >= 15 is 0 Å². The van der Waals surface area contributed by atoms with Gasteiger partial charge in [-0.1, -0.05) is 54.9 Å². The number of hydrogen-bond acceptors (Lipinski definition) is 1. The molecule has 4 unspecified atom stereocenters. The van der Waals surface area contributed by atoms with E-state index in [1.54, 1.807) is 0 Å². The summed E-state index contributed by atoms with van der Waals surface area (Å²) in [6.07, 6.45) is 4.30. The van der Waals surface area contributed by atoms with Crippen LogP contribution in [0.25, 0.3) is 0 Å². The molecule has 19 heavy (non-hydrogen) atoms. The van der Waals surface area contributed by atoms with E-state index in [1.165, 1.54) is 19.3 Å². The molecule has 1 N–H and O–H groups in total. The molecule has 0 amide bonds. The van der Waals surface area contributed by atoms with Crippen LogP contribution in [0.1, 0.15) is 67.7 Å². The van der Waals surface area contributed by atoms with E-state index in [0.717, 1.165) is 36.3 Å². The Morgan fingerprint density at radius 1 is 1.00 bits per heavy atom. The maximum atomic E-state index is 3.86. The van der Waals surface area contributed by atoms with Crippen LogP contribution < -0.4 is 5.32 Å². The first-order valence-electron chi connectivity index (χ1n) is 8.46. The van der Waals surface area contributed by atoms with Gasteiger partial charge < -0.3 is 5.32 Å². The number of hydrogen-bond donors (Lipinski definition) is 1. The van der Waals surface area contributed by atoms with Gasteiger partial charge in [0.05, 0.1) is 0 Å². The SMILES string of the molecule is CCNC(C1CCC(C)C(C)C1)C1C(C)(C)C1(C)C. The molecule has 0 heterocycles. The molecule has 0 aromatic carbocycles. The summed E-state index contributed by atoms with van der Waals surface area (Å²) in [5.74, 6) is 3.59. The lowest BCUT2D eigenvalue weighted by Gasteiger charge is -2.38. The average Bonchev–Trinajstić information content (AvgIpc) is 2.71. The summed E-state index contributed by atoms with van der Waals surface area (Å²) in [6.45, 7) is 18.2. The Balaban J connectivity index is 2.10. The Hall–Kier alpha value is -0.0400. The van der Waals surface area contributed by atoms with Crippen molar-refractivity contribution in [3.05, 3.63) is 0 Å². The molecule has 2 aliphatic carbocycles. The summed E-state index contributed by atoms with van der Waals surface area (Å²) in [5, 5.41) is 3.86. The first kappa shape index (κ1) is 15.4. The Morgan fingerprint density at radius 2 is 1.58 bits per heavy atom. The lowest BCUT2D eigenvalue weighted by molar-refractivity contribution is 0.152. The quantitative estimate of drug-likeness (QED) is 0.775. The Bertz CT molecular complexity index is 304. The molecule has 0 saturated heterocycles. The van der Waals surface area contributed by atoms with Gasteiger partial charge in [-0.25, -0.2) is 0 Å². The zero-order chi connectivity index (χ0) is 14.4. The van der Waals surface area contributed by atoms with E-state index in [1.807, 2.05) is 0 Å². The van der Waals surface area contributed by atoms with Gasteiger partial charge in [0.1, 0.15) is 0 Å². The standard InChI is InChI=1S/C18H35N/c1-8-19-15(16-17(4,5)18(16,6)7)14-10-9-12(2)13(3)11-14/h12-16,19H,8-11H2,1-7H3. The molecule has 0 bridgehead atoms. The molecule has 2 rings (SSSR count). The highest BCUT2D eigenvalue weighted by Gasteiger charge is 2.67. The monoisotopic (exact) mass is 265 g/mol. The molecule has 2 saturated carbocycles. The maximum absolute atomic E-state index is 3.86. The van der Waals surface area contributed by atoms with Crippen LogP contribution in [0.4, 0.5) is 0 Å². The van der Waals surface area contributed by atoms with Crippen LogP contribution in [0.5, 0.6) is 0 Å². The molecule has 2 fully saturated rings. The van der Waals surface area contributed by atoms with Gasteiger partial charge in [-0.05, 0) is 53.9 Å². The van der Waals surface area contributed by atoms with Gasteiger partial charge in [0.2, 0.25) is 0 Å². The third-order valence-electron chi connectivity index (χ3n) is 7.08. The van der Waals surface area contributed by atoms with Gasteiger partial charge in [-0.2, -0.15) is 0 Å². The van der Waals surface area contributed by atoms with Crippen LogP contribution in [0, 0.1) is 34.5 Å². The van der Waals surface area contributed by atoms with Crippen LogP contribution in [0.15, 0.2) is 0 Å². The fourth-order valence-electron chi connectivity index (χ4n) is 4.85. The summed E-state index contributed by atoms with van der Waals surface area (Å²) < 4.78 is 0. The second-order valence-corrected chi connectivity index (χ2v) is 8.53. The van der Waals surface area contributed by atoms with E-state index in [-0.39, 0.29) is 0 Å². The summed E-state index contributed by atoms with van der Waals surface area (Å²) in [7, 11) is 0. The van der Waals surface area contributed by atoms with E-state index in [4.69, 9.17) is 0 Å². The minimum Gasteiger partial charge on any atom is -0.314 e. The Morgan fingerprint density at radius 3 is 2.00 bits per heavy atom. The lowest BCUT2D eigenvalue weighted by Crippen LogP contribution is -2.42. The van der Waals surface area contributed by atoms with Crippen molar-refractivity contribution in [2.75, 3.05) is 6.54 Å². The van der Waals surface area contributed by atoms with Crippen molar-refractivity contribution < 1.29 is 0 Å². The van der Waals surface area contributed by atoms with Crippen molar-refractivity contribution in [1.29, 1.82) is 0 Å². The zero-order valence-corrected chi connectivity index (χ0v) is 14.2. The molecular weight excluding hydrogens is 230 g/mol. The highest BCUT2D eigenvalue weighted by molar-refractivity contribution is 5.17. The molecule has 0 aliphatic heterocycles. The maximum Gasteiger partial charge on any atom is 0.0134 e. The van der Waals surface area contributed by atoms with Gasteiger partial charge in [-0.15, -0.1) is 0 Å². The molecule has 0 radical (unpaired) electrons. The van der Waals surface area contributed by atoms with Crippen LogP contribution in [0.3, 0.4) is 0 Å². The van der Waals surface area contributed by atoms with E-state index in [0.29, 0.717) is 10.8 Å². The van der Waals surface area contributed by atoms with Crippen molar-refractivity contribution in [3.8, 4) is 0 Å². The molecule has 4 atom stereocenters. The first-order chi connectivity index (χ1) is 8.73. The average molecular weight is 265 g/mol. The fourth-order valence-corrected chi connectivity index (χ4v) is 4.85. The van der Waals surface area contributed by atoms with Gasteiger partial charge in [-0.3, -0.25) is 0 Å². The predicted octanol–water partition coefficient (Wildman–Crippen LogP) is 4.72. The third kappa shape index (κ3) is 2.48. The minimum atomic E-state index is 0.506. The van der Waals surface area contributed by atoms with Crippen LogP contribution >= 0.6 is 0 Å². The first-order valence-corrected chi connectivity index (χ1v) is 8.46. The highest BCUT2D eigenvalue weighted by atomic mass is 15.0. The molecular formula is C18H35N. The third-order valence-corrected chi connectivity index (χ3v) is 7.08. The zero-order valence-electron chi connectivity index (χ0n) is 14.2. The van der Waals surface area contributed by atoms with Crippen molar-refractivity contribution in [1.82, 2.24) is 5.32 Å². The van der Waals surface area contributed by atoms with Gasteiger partial charge in [0, 0.05) is 6.04 Å². The summed E-state index contributed by atoms with van der Waals surface area (Å²) >= 11 is 0. The second-order valence-electron chi connectivity index (χ2n) is 8.53. The largest absolute Gasteiger partial charge is 0.314 e. The molecule has 1 nitrogen and oxygen atoms in total. The minimum absolute atomic E-state index is 0.506. The molecule has 112 valence electrons. The fraction of sp³-hybridized carbons (Fsp3) is 1.00. The summed E-state index contributed by atoms with van der Waals surface area (Å²) in [5.41, 5.74) is 1.01. The molecule has 0 aromatic rings. The van der Waals surface area contributed by atoms with Crippen molar-refractivity contribution in [3.63, 3.8) is 0 Å². The van der Waals surface area contributed by atoms with Crippen LogP contribution in [-0.2, 0) is 0 Å². The molecule has 0 spiro atoms. The Kier molecular flexibility index (Phi) is 4.09. The van der Waals surface area contributed by atoms with E-state index < -0.39 is 0 Å². The topological polar surface area (TPSA) is 12.0 Å². The van der Waals surface area contributed by atoms with Gasteiger partial charge in [0.15, 0.2) is 0 Å². The lowest BCUT2D eigenvalue weighted by atomic mass is 9.71. The van der Waals surface area contributed by atoms with Gasteiger partial charge in [0.25, 0.3) is 0 Å². The van der Waals surface area contributed by atoms with E-state index in [9.17, 15) is 0 Å². The highest BCUT2D eigenvalue weighted by Crippen LogP contribution is 2.70. The van der Waals surface area contributed by atoms with Crippen molar-refractivity contribution in [2.24, 2.45) is 34.5 Å². The smallest absolute Gasteiger partial charge is 0.0134 e. The summed E-state index contributed by atoms with van der Waals surface area (Å²) in [6, 6.07) is 0.741. The number of rotatable bonds is 4. The van der Waals surface area contributed by atoms with Crippen molar-refractivity contribution >= 4 is 0 Å². The second kappa shape index (κ2) is 5.06.